The Morgan fingerprint density at radius 1 is 0.772 bits per heavy atom. The van der Waals surface area contributed by atoms with Crippen LogP contribution < -0.4 is 15.4 Å². The van der Waals surface area contributed by atoms with Gasteiger partial charge >= 0.3 is 24.0 Å². The standard InChI is InChI=1S/C46H68N4O7/c1-6-7-8-9-10-11-12-13-14-15-16-17-18-21-37-22-19-23-39(55-3)41(37)42-40(44(52)57-5)34(2)48-46(54)50(42)45(53)47-30-20-31-49-32-28-36(29-33-49)35-24-26-38(27-25-35)43(51)56-4/h19,22-27,36,42H,6-18,20-21,28-33H2,1-5H3,(H,47,53)(H,48,54). The number of hydrogen-bond acceptors (Lipinski definition) is 8. The lowest BCUT2D eigenvalue weighted by Crippen LogP contribution is -2.54. The first-order chi connectivity index (χ1) is 27.7. The van der Waals surface area contributed by atoms with Crippen LogP contribution in [0.3, 0.4) is 0 Å². The summed E-state index contributed by atoms with van der Waals surface area (Å²) in [5.41, 5.74) is 3.89. The number of urea groups is 2. The molecule has 1 unspecified atom stereocenters. The second-order valence-electron chi connectivity index (χ2n) is 15.6. The summed E-state index contributed by atoms with van der Waals surface area (Å²) in [6.07, 6.45) is 19.8. The van der Waals surface area contributed by atoms with Crippen LogP contribution in [0.25, 0.3) is 0 Å². The highest BCUT2D eigenvalue weighted by Gasteiger charge is 2.44. The number of carbonyl (C=O) groups excluding carboxylic acids is 4. The van der Waals surface area contributed by atoms with Gasteiger partial charge in [0.05, 0.1) is 32.5 Å². The summed E-state index contributed by atoms with van der Waals surface area (Å²) in [5, 5.41) is 5.70. The van der Waals surface area contributed by atoms with Gasteiger partial charge in [0.25, 0.3) is 0 Å². The third-order valence-corrected chi connectivity index (χ3v) is 11.6. The van der Waals surface area contributed by atoms with Crippen molar-refractivity contribution in [2.45, 2.75) is 135 Å². The summed E-state index contributed by atoms with van der Waals surface area (Å²) < 4.78 is 15.9. The van der Waals surface area contributed by atoms with Crippen LogP contribution in [-0.2, 0) is 20.7 Å². The minimum atomic E-state index is -1.03. The largest absolute Gasteiger partial charge is 0.496 e. The van der Waals surface area contributed by atoms with E-state index < -0.39 is 24.1 Å². The molecule has 4 rings (SSSR count). The summed E-state index contributed by atoms with van der Waals surface area (Å²) >= 11 is 0. The smallest absolute Gasteiger partial charge is 0.337 e. The molecule has 2 heterocycles. The summed E-state index contributed by atoms with van der Waals surface area (Å²) in [6, 6.07) is 11.2. The van der Waals surface area contributed by atoms with Gasteiger partial charge in [-0.1, -0.05) is 108 Å². The Labute approximate surface area is 341 Å². The van der Waals surface area contributed by atoms with Crippen molar-refractivity contribution in [1.29, 1.82) is 0 Å². The molecule has 0 spiro atoms. The van der Waals surface area contributed by atoms with Crippen LogP contribution in [0.4, 0.5) is 9.59 Å². The molecule has 0 aliphatic carbocycles. The van der Waals surface area contributed by atoms with Crippen molar-refractivity contribution in [2.24, 2.45) is 0 Å². The third-order valence-electron chi connectivity index (χ3n) is 11.6. The fraction of sp³-hybridized carbons (Fsp3) is 0.609. The molecule has 4 amide bonds. The molecule has 11 nitrogen and oxygen atoms in total. The Morgan fingerprint density at radius 2 is 1.37 bits per heavy atom. The van der Waals surface area contributed by atoms with Crippen LogP contribution in [0.5, 0.6) is 5.75 Å². The number of allylic oxidation sites excluding steroid dienone is 1. The zero-order valence-corrected chi connectivity index (χ0v) is 35.3. The zero-order chi connectivity index (χ0) is 41.0. The van der Waals surface area contributed by atoms with E-state index in [1.807, 2.05) is 42.5 Å². The number of esters is 2. The Bertz CT molecular complexity index is 1620. The molecule has 0 radical (unpaired) electrons. The summed E-state index contributed by atoms with van der Waals surface area (Å²) in [5.74, 6) is -0.0140. The molecule has 314 valence electrons. The predicted octanol–water partition coefficient (Wildman–Crippen LogP) is 9.61. The molecule has 0 saturated carbocycles. The second-order valence-corrected chi connectivity index (χ2v) is 15.6. The lowest BCUT2D eigenvalue weighted by molar-refractivity contribution is -0.136. The van der Waals surface area contributed by atoms with Crippen LogP contribution in [0, 0.1) is 0 Å². The van der Waals surface area contributed by atoms with Crippen molar-refractivity contribution in [2.75, 3.05) is 47.5 Å². The van der Waals surface area contributed by atoms with E-state index in [0.29, 0.717) is 41.5 Å². The normalized spacial score (nSPS) is 16.3. The molecule has 2 N–H and O–H groups in total. The molecule has 0 bridgehead atoms. The van der Waals surface area contributed by atoms with Gasteiger partial charge in [0.15, 0.2) is 0 Å². The fourth-order valence-corrected chi connectivity index (χ4v) is 8.31. The number of aryl methyl sites for hydroxylation is 1. The van der Waals surface area contributed by atoms with Crippen molar-refractivity contribution in [3.05, 3.63) is 76.0 Å². The topological polar surface area (TPSA) is 127 Å². The molecule has 11 heteroatoms. The number of nitrogens with one attached hydrogen (secondary N) is 2. The number of unbranched alkanes of at least 4 members (excludes halogenated alkanes) is 12. The highest BCUT2D eigenvalue weighted by Crippen LogP contribution is 2.41. The summed E-state index contributed by atoms with van der Waals surface area (Å²) in [7, 11) is 4.26. The van der Waals surface area contributed by atoms with Crippen LogP contribution in [0.1, 0.15) is 156 Å². The lowest BCUT2D eigenvalue weighted by Gasteiger charge is -2.37. The summed E-state index contributed by atoms with van der Waals surface area (Å²) in [6.45, 7) is 6.93. The highest BCUT2D eigenvalue weighted by molar-refractivity contribution is 6.02. The van der Waals surface area contributed by atoms with Crippen LogP contribution >= 0.6 is 0 Å². The number of methoxy groups -OCH3 is 3. The predicted molar refractivity (Wildman–Crippen MR) is 224 cm³/mol. The highest BCUT2D eigenvalue weighted by atomic mass is 16.5. The first kappa shape index (κ1) is 45.3. The van der Waals surface area contributed by atoms with Gasteiger partial charge in [-0.25, -0.2) is 24.1 Å². The van der Waals surface area contributed by atoms with Gasteiger partial charge in [-0.05, 0) is 93.9 Å². The molecule has 57 heavy (non-hydrogen) atoms. The maximum atomic E-state index is 14.0. The van der Waals surface area contributed by atoms with E-state index in [1.165, 1.54) is 84.0 Å². The van der Waals surface area contributed by atoms with Crippen LogP contribution in [-0.4, -0.2) is 81.3 Å². The number of hydrogen-bond donors (Lipinski definition) is 2. The first-order valence-corrected chi connectivity index (χ1v) is 21.5. The molecule has 2 aliphatic rings. The maximum Gasteiger partial charge on any atom is 0.337 e. The minimum Gasteiger partial charge on any atom is -0.496 e. The van der Waals surface area contributed by atoms with Gasteiger partial charge in [-0.3, -0.25) is 0 Å². The monoisotopic (exact) mass is 789 g/mol. The van der Waals surface area contributed by atoms with Gasteiger partial charge in [0.2, 0.25) is 0 Å². The average molecular weight is 789 g/mol. The Hall–Kier alpha value is -4.38. The zero-order valence-electron chi connectivity index (χ0n) is 35.3. The van der Waals surface area contributed by atoms with E-state index >= 15 is 0 Å². The molecule has 1 saturated heterocycles. The molecule has 0 aromatic heterocycles. The van der Waals surface area contributed by atoms with E-state index in [2.05, 4.69) is 22.5 Å². The number of nitrogens with zero attached hydrogens (tertiary/aromatic N) is 2. The van der Waals surface area contributed by atoms with E-state index in [0.717, 1.165) is 68.6 Å². The first-order valence-electron chi connectivity index (χ1n) is 21.5. The number of rotatable bonds is 23. The number of likely N-dealkylation sites (tertiary alicyclic amines) is 1. The van der Waals surface area contributed by atoms with Gasteiger partial charge in [-0.2, -0.15) is 0 Å². The number of ether oxygens (including phenoxy) is 3. The van der Waals surface area contributed by atoms with Crippen molar-refractivity contribution in [1.82, 2.24) is 20.4 Å². The summed E-state index contributed by atoms with van der Waals surface area (Å²) in [4.78, 5) is 56.4. The van der Waals surface area contributed by atoms with E-state index in [-0.39, 0.29) is 11.5 Å². The van der Waals surface area contributed by atoms with Gasteiger partial charge in [0, 0.05) is 17.8 Å². The molecule has 1 atom stereocenters. The Balaban J connectivity index is 1.34. The molecule has 2 aliphatic heterocycles. The number of piperidine rings is 1. The van der Waals surface area contributed by atoms with Gasteiger partial charge in [-0.15, -0.1) is 0 Å². The van der Waals surface area contributed by atoms with E-state index in [1.54, 1.807) is 14.0 Å². The number of imide groups is 1. The van der Waals surface area contributed by atoms with Crippen LogP contribution in [0.15, 0.2) is 53.7 Å². The third kappa shape index (κ3) is 13.3. The molecule has 2 aromatic rings. The number of carbonyl (C=O) groups is 4. The lowest BCUT2D eigenvalue weighted by atomic mass is 9.88. The number of amides is 4. The second kappa shape index (κ2) is 24.4. The SMILES string of the molecule is CCCCCCCCCCCCCCCc1cccc(OC)c1C1C(C(=O)OC)=C(C)NC(=O)N1C(=O)NCCCN1CCC(c2ccc(C(=O)OC)cc2)CC1. The molecular formula is C46H68N4O7. The average Bonchev–Trinajstić information content (AvgIpc) is 3.23. The molecule has 1 fully saturated rings. The Morgan fingerprint density at radius 3 is 1.95 bits per heavy atom. The maximum absolute atomic E-state index is 14.0. The van der Waals surface area contributed by atoms with Crippen molar-refractivity contribution in [3.8, 4) is 5.75 Å². The van der Waals surface area contributed by atoms with Gasteiger partial charge in [0.1, 0.15) is 11.8 Å². The Kier molecular flexibility index (Phi) is 19.4. The molecule has 2 aromatic carbocycles. The van der Waals surface area contributed by atoms with Gasteiger partial charge < -0.3 is 29.7 Å². The van der Waals surface area contributed by atoms with Crippen molar-refractivity contribution in [3.63, 3.8) is 0 Å². The van der Waals surface area contributed by atoms with Crippen molar-refractivity contribution < 1.29 is 33.4 Å². The minimum absolute atomic E-state index is 0.200. The van der Waals surface area contributed by atoms with E-state index in [4.69, 9.17) is 14.2 Å². The van der Waals surface area contributed by atoms with Crippen molar-refractivity contribution >= 4 is 24.0 Å². The number of benzene rings is 2. The van der Waals surface area contributed by atoms with Crippen LogP contribution in [0.2, 0.25) is 0 Å². The molecular weight excluding hydrogens is 721 g/mol. The fourth-order valence-electron chi connectivity index (χ4n) is 8.31. The quantitative estimate of drug-likeness (QED) is 0.0843. The van der Waals surface area contributed by atoms with E-state index in [9.17, 15) is 19.2 Å².